The highest BCUT2D eigenvalue weighted by molar-refractivity contribution is 7.99. The molecule has 0 bridgehead atoms. The number of esters is 1. The fourth-order valence-electron chi connectivity index (χ4n) is 2.81. The van der Waals surface area contributed by atoms with Gasteiger partial charge in [0.1, 0.15) is 30.7 Å². The molecule has 1 atom stereocenters. The highest BCUT2D eigenvalue weighted by Gasteiger charge is 2.23. The Morgan fingerprint density at radius 1 is 1.14 bits per heavy atom. The average molecular weight is 396 g/mol. The molecule has 4 rings (SSSR count). The number of thioether (sulfide) groups is 1. The molecule has 28 heavy (non-hydrogen) atoms. The summed E-state index contributed by atoms with van der Waals surface area (Å²) >= 11 is 1.69. The molecule has 1 aliphatic rings. The predicted octanol–water partition coefficient (Wildman–Crippen LogP) is 3.63. The van der Waals surface area contributed by atoms with Crippen molar-refractivity contribution in [2.75, 3.05) is 11.6 Å². The van der Waals surface area contributed by atoms with Crippen LogP contribution in [0.15, 0.2) is 65.2 Å². The highest BCUT2D eigenvalue weighted by atomic mass is 32.2. The Kier molecular flexibility index (Phi) is 5.94. The first-order chi connectivity index (χ1) is 13.8. The normalized spacial score (nSPS) is 16.1. The van der Waals surface area contributed by atoms with Gasteiger partial charge in [-0.1, -0.05) is 47.6 Å². The lowest BCUT2D eigenvalue weighted by atomic mass is 10.1. The molecule has 0 radical (unpaired) electrons. The molecule has 1 saturated heterocycles. The maximum atomic E-state index is 12.0. The van der Waals surface area contributed by atoms with Crippen LogP contribution in [0.25, 0.3) is 11.3 Å². The molecule has 1 aromatic heterocycles. The molecule has 0 spiro atoms. The Balaban J connectivity index is 1.31. The largest absolute Gasteiger partial charge is 0.486 e. The van der Waals surface area contributed by atoms with E-state index in [1.807, 2.05) is 60.7 Å². The first kappa shape index (κ1) is 18.6. The molecule has 0 aliphatic carbocycles. The van der Waals surface area contributed by atoms with Gasteiger partial charge in [-0.15, -0.1) is 11.8 Å². The minimum atomic E-state index is -0.216. The van der Waals surface area contributed by atoms with E-state index < -0.39 is 0 Å². The molecule has 1 unspecified atom stereocenters. The summed E-state index contributed by atoms with van der Waals surface area (Å²) in [5.74, 6) is 2.65. The number of carbonyl (C=O) groups excluding carboxylic acids is 1. The van der Waals surface area contributed by atoms with E-state index in [0.717, 1.165) is 28.5 Å². The van der Waals surface area contributed by atoms with Gasteiger partial charge in [0.05, 0.1) is 0 Å². The van der Waals surface area contributed by atoms with Crippen LogP contribution in [0, 0.1) is 0 Å². The Hall–Kier alpha value is -2.77. The van der Waals surface area contributed by atoms with Crippen LogP contribution in [0.5, 0.6) is 5.75 Å². The lowest BCUT2D eigenvalue weighted by molar-refractivity contribution is -0.146. The lowest BCUT2D eigenvalue weighted by Crippen LogP contribution is -2.34. The number of ether oxygens (including phenoxy) is 2. The molecule has 2 heterocycles. The van der Waals surface area contributed by atoms with Gasteiger partial charge in [0.25, 0.3) is 0 Å². The van der Waals surface area contributed by atoms with Crippen LogP contribution < -0.4 is 10.1 Å². The van der Waals surface area contributed by atoms with Crippen molar-refractivity contribution >= 4 is 17.7 Å². The Labute approximate surface area is 167 Å². The summed E-state index contributed by atoms with van der Waals surface area (Å²) in [5, 5.41) is 7.19. The molecular formula is C21H20N2O4S. The van der Waals surface area contributed by atoms with Crippen LogP contribution in [0.4, 0.5) is 0 Å². The first-order valence-corrected chi connectivity index (χ1v) is 10.1. The van der Waals surface area contributed by atoms with Crippen molar-refractivity contribution in [1.29, 1.82) is 0 Å². The van der Waals surface area contributed by atoms with E-state index in [0.29, 0.717) is 11.5 Å². The van der Waals surface area contributed by atoms with Crippen molar-refractivity contribution in [3.63, 3.8) is 0 Å². The maximum absolute atomic E-state index is 12.0. The predicted molar refractivity (Wildman–Crippen MR) is 107 cm³/mol. The number of nitrogens with one attached hydrogen (secondary N) is 1. The van der Waals surface area contributed by atoms with Crippen LogP contribution in [0.2, 0.25) is 0 Å². The van der Waals surface area contributed by atoms with Crippen molar-refractivity contribution in [2.45, 2.75) is 19.3 Å². The maximum Gasteiger partial charge on any atom is 0.324 e. The molecule has 1 fully saturated rings. The van der Waals surface area contributed by atoms with E-state index in [9.17, 15) is 4.79 Å². The smallest absolute Gasteiger partial charge is 0.324 e. The topological polar surface area (TPSA) is 73.6 Å². The van der Waals surface area contributed by atoms with Crippen molar-refractivity contribution in [2.24, 2.45) is 0 Å². The second-order valence-electron chi connectivity index (χ2n) is 6.36. The number of hydrogen-bond donors (Lipinski definition) is 1. The van der Waals surface area contributed by atoms with Gasteiger partial charge in [-0.2, -0.15) is 0 Å². The monoisotopic (exact) mass is 396 g/mol. The average Bonchev–Trinajstić information content (AvgIpc) is 3.44. The quantitative estimate of drug-likeness (QED) is 0.611. The zero-order valence-electron chi connectivity index (χ0n) is 15.2. The van der Waals surface area contributed by atoms with Crippen LogP contribution in [0.1, 0.15) is 11.3 Å². The summed E-state index contributed by atoms with van der Waals surface area (Å²) in [5.41, 5.74) is 2.65. The van der Waals surface area contributed by atoms with Crippen LogP contribution in [-0.2, 0) is 22.7 Å². The molecule has 1 N–H and O–H groups in total. The molecular weight excluding hydrogens is 376 g/mol. The number of carbonyl (C=O) groups is 1. The molecule has 0 amide bonds. The van der Waals surface area contributed by atoms with Gasteiger partial charge in [-0.25, -0.2) is 0 Å². The fourth-order valence-corrected chi connectivity index (χ4v) is 3.73. The third-order valence-corrected chi connectivity index (χ3v) is 5.23. The van der Waals surface area contributed by atoms with E-state index >= 15 is 0 Å². The summed E-state index contributed by atoms with van der Waals surface area (Å²) in [6, 6.07) is 19.0. The molecule has 2 aromatic carbocycles. The van der Waals surface area contributed by atoms with E-state index in [2.05, 4.69) is 10.5 Å². The number of rotatable bonds is 7. The molecule has 3 aromatic rings. The van der Waals surface area contributed by atoms with E-state index in [1.54, 1.807) is 11.8 Å². The van der Waals surface area contributed by atoms with Gasteiger partial charge >= 0.3 is 5.97 Å². The lowest BCUT2D eigenvalue weighted by Gasteiger charge is -2.10. The number of hydrogen-bond acceptors (Lipinski definition) is 7. The number of nitrogens with zero attached hydrogens (tertiary/aromatic N) is 1. The number of benzene rings is 2. The minimum Gasteiger partial charge on any atom is -0.486 e. The third-order valence-electron chi connectivity index (χ3n) is 4.29. The second-order valence-corrected chi connectivity index (χ2v) is 7.39. The molecule has 7 heteroatoms. The second kappa shape index (κ2) is 8.95. The van der Waals surface area contributed by atoms with Crippen LogP contribution >= 0.6 is 11.8 Å². The molecule has 1 aliphatic heterocycles. The van der Waals surface area contributed by atoms with Gasteiger partial charge in [-0.05, 0) is 17.7 Å². The zero-order chi connectivity index (χ0) is 19.2. The standard InChI is InChI=1S/C21H20N2O4S/c24-21(20-13-28-14-22-20)26-11-15-5-4-8-17(9-15)25-12-18-10-19(23-27-18)16-6-2-1-3-7-16/h1-10,20,22H,11-14H2. The fraction of sp³-hybridized carbons (Fsp3) is 0.238. The van der Waals surface area contributed by atoms with Gasteiger partial charge in [0.2, 0.25) is 0 Å². The van der Waals surface area contributed by atoms with E-state index in [-0.39, 0.29) is 25.2 Å². The SMILES string of the molecule is O=C(OCc1cccc(OCc2cc(-c3ccccc3)no2)c1)C1CSCN1. The summed E-state index contributed by atoms with van der Waals surface area (Å²) in [7, 11) is 0. The van der Waals surface area contributed by atoms with Crippen LogP contribution in [-0.4, -0.2) is 28.8 Å². The van der Waals surface area contributed by atoms with Crippen LogP contribution in [0.3, 0.4) is 0 Å². The van der Waals surface area contributed by atoms with Gasteiger partial charge < -0.3 is 14.0 Å². The Morgan fingerprint density at radius 2 is 2.04 bits per heavy atom. The Bertz CT molecular complexity index is 923. The summed E-state index contributed by atoms with van der Waals surface area (Å²) in [6.07, 6.45) is 0. The van der Waals surface area contributed by atoms with E-state index in [1.165, 1.54) is 0 Å². The minimum absolute atomic E-state index is 0.213. The molecule has 0 saturated carbocycles. The van der Waals surface area contributed by atoms with Gasteiger partial charge in [-0.3, -0.25) is 10.1 Å². The molecule has 6 nitrogen and oxygen atoms in total. The highest BCUT2D eigenvalue weighted by Crippen LogP contribution is 2.21. The van der Waals surface area contributed by atoms with Crippen molar-refractivity contribution in [1.82, 2.24) is 10.5 Å². The van der Waals surface area contributed by atoms with Gasteiger partial charge in [0.15, 0.2) is 5.76 Å². The summed E-state index contributed by atoms with van der Waals surface area (Å²) in [4.78, 5) is 12.0. The zero-order valence-corrected chi connectivity index (χ0v) is 16.0. The molecule has 144 valence electrons. The van der Waals surface area contributed by atoms with Crippen molar-refractivity contribution in [3.05, 3.63) is 72.0 Å². The third kappa shape index (κ3) is 4.74. The van der Waals surface area contributed by atoms with Crippen molar-refractivity contribution < 1.29 is 18.8 Å². The van der Waals surface area contributed by atoms with Crippen molar-refractivity contribution in [3.8, 4) is 17.0 Å². The first-order valence-electron chi connectivity index (χ1n) is 8.98. The van der Waals surface area contributed by atoms with E-state index in [4.69, 9.17) is 14.0 Å². The van der Waals surface area contributed by atoms with Gasteiger partial charge in [0, 0.05) is 23.3 Å². The number of aromatic nitrogens is 1. The Morgan fingerprint density at radius 3 is 2.86 bits per heavy atom. The summed E-state index contributed by atoms with van der Waals surface area (Å²) < 4.78 is 16.5. The summed E-state index contributed by atoms with van der Waals surface area (Å²) in [6.45, 7) is 0.492.